The summed E-state index contributed by atoms with van der Waals surface area (Å²) >= 11 is 2.08. The van der Waals surface area contributed by atoms with Crippen molar-refractivity contribution in [1.29, 1.82) is 0 Å². The molecule has 0 bridgehead atoms. The van der Waals surface area contributed by atoms with Gasteiger partial charge in [-0.3, -0.25) is 5.32 Å². The van der Waals surface area contributed by atoms with Crippen molar-refractivity contribution in [1.82, 2.24) is 5.32 Å². The molecule has 0 aromatic heterocycles. The number of thioether (sulfide) groups is 1. The second kappa shape index (κ2) is 5.32. The summed E-state index contributed by atoms with van der Waals surface area (Å²) in [5.74, 6) is 3.62. The molecule has 0 saturated carbocycles. The van der Waals surface area contributed by atoms with Crippen LogP contribution in [0, 0.1) is 5.92 Å². The second-order valence-corrected chi connectivity index (χ2v) is 4.43. The van der Waals surface area contributed by atoms with Crippen molar-refractivity contribution in [3.05, 3.63) is 0 Å². The number of halogens is 1. The molecular formula is C8H16ClNOS. The van der Waals surface area contributed by atoms with Gasteiger partial charge in [-0.1, -0.05) is 0 Å². The molecule has 0 aromatic rings. The largest absolute Gasteiger partial charge is 0.362 e. The summed E-state index contributed by atoms with van der Waals surface area (Å²) in [6.45, 7) is 1.95. The maximum atomic E-state index is 5.49. The first kappa shape index (κ1) is 10.6. The molecule has 2 aliphatic heterocycles. The Morgan fingerprint density at radius 3 is 3.00 bits per heavy atom. The van der Waals surface area contributed by atoms with Crippen LogP contribution in [-0.4, -0.2) is 30.9 Å². The van der Waals surface area contributed by atoms with E-state index in [4.69, 9.17) is 4.74 Å². The van der Waals surface area contributed by atoms with Gasteiger partial charge in [0.15, 0.2) is 0 Å². The Morgan fingerprint density at radius 1 is 1.50 bits per heavy atom. The third-order valence-electron chi connectivity index (χ3n) is 2.36. The van der Waals surface area contributed by atoms with Gasteiger partial charge in [-0.15, -0.1) is 12.4 Å². The smallest absolute Gasteiger partial charge is 0.108 e. The molecule has 2 rings (SSSR count). The van der Waals surface area contributed by atoms with Crippen LogP contribution in [0.4, 0.5) is 0 Å². The van der Waals surface area contributed by atoms with Crippen LogP contribution in [0.2, 0.25) is 0 Å². The molecule has 12 heavy (non-hydrogen) atoms. The quantitative estimate of drug-likeness (QED) is 0.745. The van der Waals surface area contributed by atoms with Gasteiger partial charge in [-0.25, -0.2) is 0 Å². The van der Waals surface area contributed by atoms with Gasteiger partial charge in [0, 0.05) is 6.54 Å². The highest BCUT2D eigenvalue weighted by Gasteiger charge is 2.22. The van der Waals surface area contributed by atoms with E-state index in [-0.39, 0.29) is 12.4 Å². The van der Waals surface area contributed by atoms with Gasteiger partial charge < -0.3 is 4.74 Å². The lowest BCUT2D eigenvalue weighted by Crippen LogP contribution is -2.25. The van der Waals surface area contributed by atoms with Crippen molar-refractivity contribution < 1.29 is 4.74 Å². The molecule has 2 aliphatic rings. The minimum atomic E-state index is 0. The molecule has 2 nitrogen and oxygen atoms in total. The molecule has 2 unspecified atom stereocenters. The lowest BCUT2D eigenvalue weighted by molar-refractivity contribution is 0.0826. The molecule has 1 N–H and O–H groups in total. The topological polar surface area (TPSA) is 21.3 Å². The van der Waals surface area contributed by atoms with E-state index in [1.165, 1.54) is 24.3 Å². The van der Waals surface area contributed by atoms with Crippen molar-refractivity contribution in [3.8, 4) is 0 Å². The monoisotopic (exact) mass is 209 g/mol. The number of nitrogens with one attached hydrogen (secondary N) is 1. The van der Waals surface area contributed by atoms with Crippen molar-refractivity contribution in [3.63, 3.8) is 0 Å². The van der Waals surface area contributed by atoms with Gasteiger partial charge >= 0.3 is 0 Å². The third-order valence-corrected chi connectivity index (χ3v) is 3.60. The Hall–Kier alpha value is 0.560. The zero-order valence-corrected chi connectivity index (χ0v) is 8.76. The lowest BCUT2D eigenvalue weighted by atomic mass is 10.0. The normalized spacial score (nSPS) is 35.0. The van der Waals surface area contributed by atoms with Crippen LogP contribution in [0.3, 0.4) is 0 Å². The molecule has 72 valence electrons. The van der Waals surface area contributed by atoms with Gasteiger partial charge in [0.2, 0.25) is 0 Å². The van der Waals surface area contributed by atoms with Crippen molar-refractivity contribution >= 4 is 24.2 Å². The van der Waals surface area contributed by atoms with Gasteiger partial charge in [0.05, 0.1) is 6.61 Å². The van der Waals surface area contributed by atoms with Gasteiger partial charge in [-0.05, 0) is 30.3 Å². The van der Waals surface area contributed by atoms with Gasteiger partial charge in [0.25, 0.3) is 0 Å². The van der Waals surface area contributed by atoms with Crippen molar-refractivity contribution in [2.24, 2.45) is 5.92 Å². The molecule has 0 spiro atoms. The highest BCUT2D eigenvalue weighted by Crippen LogP contribution is 2.27. The van der Waals surface area contributed by atoms with Crippen LogP contribution in [0.5, 0.6) is 0 Å². The third kappa shape index (κ3) is 2.80. The van der Waals surface area contributed by atoms with Gasteiger partial charge in [-0.2, -0.15) is 11.8 Å². The Balaban J connectivity index is 0.000000720. The average Bonchev–Trinajstić information content (AvgIpc) is 2.60. The Labute approximate surface area is 84.2 Å². The van der Waals surface area contributed by atoms with Crippen molar-refractivity contribution in [2.45, 2.75) is 19.1 Å². The Bertz CT molecular complexity index is 110. The van der Waals surface area contributed by atoms with Crippen LogP contribution in [0.1, 0.15) is 12.8 Å². The van der Waals surface area contributed by atoms with E-state index in [0.717, 1.165) is 19.1 Å². The second-order valence-electron chi connectivity index (χ2n) is 3.28. The summed E-state index contributed by atoms with van der Waals surface area (Å²) in [5.41, 5.74) is 0. The standard InChI is InChI=1S/C8H15NOS.ClH/c1-4-11-6-7(1)5-8-9-2-3-10-8;/h7-9H,1-6H2;1H. The average molecular weight is 210 g/mol. The maximum Gasteiger partial charge on any atom is 0.108 e. The van der Waals surface area contributed by atoms with Crippen molar-refractivity contribution in [2.75, 3.05) is 24.7 Å². The lowest BCUT2D eigenvalue weighted by Gasteiger charge is -2.13. The van der Waals surface area contributed by atoms with Crippen LogP contribution in [-0.2, 0) is 4.74 Å². The number of hydrogen-bond donors (Lipinski definition) is 1. The van der Waals surface area contributed by atoms with E-state index in [1.807, 2.05) is 0 Å². The van der Waals surface area contributed by atoms with E-state index in [1.54, 1.807) is 0 Å². The zero-order chi connectivity index (χ0) is 7.52. The summed E-state index contributed by atoms with van der Waals surface area (Å²) in [4.78, 5) is 0. The Kier molecular flexibility index (Phi) is 4.72. The maximum absolute atomic E-state index is 5.49. The molecule has 4 heteroatoms. The van der Waals surface area contributed by atoms with Crippen LogP contribution in [0.25, 0.3) is 0 Å². The minimum absolute atomic E-state index is 0. The van der Waals surface area contributed by atoms with Crippen LogP contribution < -0.4 is 5.32 Å². The summed E-state index contributed by atoms with van der Waals surface area (Å²) < 4.78 is 5.49. The van der Waals surface area contributed by atoms with Crippen LogP contribution in [0.15, 0.2) is 0 Å². The molecule has 0 radical (unpaired) electrons. The highest BCUT2D eigenvalue weighted by atomic mass is 35.5. The van der Waals surface area contributed by atoms with E-state index in [2.05, 4.69) is 17.1 Å². The summed E-state index contributed by atoms with van der Waals surface area (Å²) in [6.07, 6.45) is 3.00. The first-order valence-electron chi connectivity index (χ1n) is 4.38. The zero-order valence-electron chi connectivity index (χ0n) is 7.12. The predicted molar refractivity (Wildman–Crippen MR) is 55.0 cm³/mol. The molecule has 2 heterocycles. The first-order valence-corrected chi connectivity index (χ1v) is 5.53. The number of ether oxygens (including phenoxy) is 1. The molecule has 0 amide bonds. The fourth-order valence-corrected chi connectivity index (χ4v) is 3.01. The Morgan fingerprint density at radius 2 is 2.42 bits per heavy atom. The molecule has 2 atom stereocenters. The van der Waals surface area contributed by atoms with E-state index in [9.17, 15) is 0 Å². The fourth-order valence-electron chi connectivity index (χ4n) is 1.70. The van der Waals surface area contributed by atoms with E-state index < -0.39 is 0 Å². The molecule has 2 saturated heterocycles. The predicted octanol–water partition coefficient (Wildman–Crippen LogP) is 1.50. The molecule has 2 fully saturated rings. The molecular weight excluding hydrogens is 194 g/mol. The van der Waals surface area contributed by atoms with Crippen LogP contribution >= 0.6 is 24.2 Å². The minimum Gasteiger partial charge on any atom is -0.362 e. The summed E-state index contributed by atoms with van der Waals surface area (Å²) in [7, 11) is 0. The highest BCUT2D eigenvalue weighted by molar-refractivity contribution is 7.99. The SMILES string of the molecule is C1COC(CC2CCSC2)N1.Cl. The van der Waals surface area contributed by atoms with E-state index in [0.29, 0.717) is 6.23 Å². The molecule has 0 aliphatic carbocycles. The van der Waals surface area contributed by atoms with Gasteiger partial charge in [0.1, 0.15) is 6.23 Å². The molecule has 0 aromatic carbocycles. The first-order chi connectivity index (χ1) is 5.45. The number of rotatable bonds is 2. The summed E-state index contributed by atoms with van der Waals surface area (Å²) in [6, 6.07) is 0. The fraction of sp³-hybridized carbons (Fsp3) is 1.00. The number of hydrogen-bond acceptors (Lipinski definition) is 3. The summed E-state index contributed by atoms with van der Waals surface area (Å²) in [5, 5.41) is 3.35. The van der Waals surface area contributed by atoms with E-state index >= 15 is 0 Å².